The molecule has 1 aliphatic carbocycles. The van der Waals surface area contributed by atoms with Gasteiger partial charge in [0.05, 0.1) is 11.5 Å². The molecule has 0 aromatic heterocycles. The second-order valence-electron chi connectivity index (χ2n) is 3.40. The molecule has 64 valence electrons. The summed E-state index contributed by atoms with van der Waals surface area (Å²) in [5.74, 6) is -0.0973. The third-order valence-electron chi connectivity index (χ3n) is 2.67. The Bertz CT molecular complexity index is 365. The van der Waals surface area contributed by atoms with Crippen LogP contribution in [0.4, 0.5) is 0 Å². The van der Waals surface area contributed by atoms with Crippen LogP contribution in [-0.4, -0.2) is 6.29 Å². The summed E-state index contributed by atoms with van der Waals surface area (Å²) in [5.41, 5.74) is 0.456. The van der Waals surface area contributed by atoms with Gasteiger partial charge in [-0.05, 0) is 12.0 Å². The Kier molecular flexibility index (Phi) is 1.66. The monoisotopic (exact) mass is 171 g/mol. The van der Waals surface area contributed by atoms with Gasteiger partial charge in [0.1, 0.15) is 6.29 Å². The Morgan fingerprint density at radius 3 is 2.62 bits per heavy atom. The molecular weight excluding hydrogens is 162 g/mol. The van der Waals surface area contributed by atoms with Crippen LogP contribution in [0.25, 0.3) is 0 Å². The number of rotatable bonds is 2. The number of carbonyl (C=O) groups excluding carboxylic acids is 1. The third-order valence-corrected chi connectivity index (χ3v) is 2.67. The zero-order valence-corrected chi connectivity index (χ0v) is 7.10. The van der Waals surface area contributed by atoms with E-state index < -0.39 is 5.41 Å². The second-order valence-corrected chi connectivity index (χ2v) is 3.40. The largest absolute Gasteiger partial charge is 0.303 e. The molecule has 1 aromatic rings. The van der Waals surface area contributed by atoms with E-state index in [1.807, 2.05) is 30.3 Å². The second kappa shape index (κ2) is 2.70. The molecule has 13 heavy (non-hydrogen) atoms. The van der Waals surface area contributed by atoms with Gasteiger partial charge in [-0.3, -0.25) is 0 Å². The first kappa shape index (κ1) is 8.00. The zero-order valence-electron chi connectivity index (χ0n) is 7.10. The Morgan fingerprint density at radius 2 is 2.15 bits per heavy atom. The molecule has 0 spiro atoms. The maximum atomic E-state index is 10.6. The van der Waals surface area contributed by atoms with Gasteiger partial charge in [-0.1, -0.05) is 30.3 Å². The van der Waals surface area contributed by atoms with E-state index in [0.29, 0.717) is 6.42 Å². The first-order chi connectivity index (χ1) is 6.33. The summed E-state index contributed by atoms with van der Waals surface area (Å²) < 4.78 is 0. The molecule has 2 rings (SSSR count). The minimum atomic E-state index is -0.511. The first-order valence-corrected chi connectivity index (χ1v) is 4.25. The van der Waals surface area contributed by atoms with Crippen molar-refractivity contribution in [1.82, 2.24) is 0 Å². The predicted molar refractivity (Wildman–Crippen MR) is 47.9 cm³/mol. The van der Waals surface area contributed by atoms with Crippen LogP contribution in [0.2, 0.25) is 0 Å². The van der Waals surface area contributed by atoms with Crippen LogP contribution in [0.1, 0.15) is 12.0 Å². The summed E-state index contributed by atoms with van der Waals surface area (Å²) in [4.78, 5) is 10.6. The smallest absolute Gasteiger partial charge is 0.125 e. The Morgan fingerprint density at radius 1 is 1.46 bits per heavy atom. The van der Waals surface area contributed by atoms with Crippen molar-refractivity contribution >= 4 is 6.29 Å². The topological polar surface area (TPSA) is 40.9 Å². The molecule has 1 aliphatic rings. The normalized spacial score (nSPS) is 30.5. The van der Waals surface area contributed by atoms with E-state index >= 15 is 0 Å². The van der Waals surface area contributed by atoms with E-state index in [2.05, 4.69) is 6.07 Å². The molecule has 0 amide bonds. The summed E-state index contributed by atoms with van der Waals surface area (Å²) in [6, 6.07) is 11.8. The number of hydrogen-bond acceptors (Lipinski definition) is 2. The molecule has 2 nitrogen and oxygen atoms in total. The van der Waals surface area contributed by atoms with Gasteiger partial charge in [0, 0.05) is 5.92 Å². The summed E-state index contributed by atoms with van der Waals surface area (Å²) >= 11 is 0. The molecule has 1 saturated carbocycles. The van der Waals surface area contributed by atoms with Crippen LogP contribution in [0.15, 0.2) is 30.3 Å². The van der Waals surface area contributed by atoms with Crippen LogP contribution in [0.5, 0.6) is 0 Å². The highest BCUT2D eigenvalue weighted by atomic mass is 16.1. The van der Waals surface area contributed by atoms with Gasteiger partial charge in [-0.2, -0.15) is 5.26 Å². The minimum absolute atomic E-state index is 0.0973. The van der Waals surface area contributed by atoms with Crippen LogP contribution < -0.4 is 0 Å². The van der Waals surface area contributed by atoms with Crippen molar-refractivity contribution in [3.63, 3.8) is 0 Å². The molecule has 0 heterocycles. The Hall–Kier alpha value is -1.62. The number of aldehydes is 1. The molecule has 0 bridgehead atoms. The van der Waals surface area contributed by atoms with Crippen molar-refractivity contribution in [2.75, 3.05) is 0 Å². The molecule has 0 aliphatic heterocycles. The van der Waals surface area contributed by atoms with Gasteiger partial charge in [-0.25, -0.2) is 0 Å². The molecule has 1 aromatic carbocycles. The molecule has 1 fully saturated rings. The molecule has 0 N–H and O–H groups in total. The maximum Gasteiger partial charge on any atom is 0.125 e. The number of hydrogen-bond donors (Lipinski definition) is 0. The third kappa shape index (κ3) is 1.05. The zero-order chi connectivity index (χ0) is 9.31. The lowest BCUT2D eigenvalue weighted by atomic mass is 9.95. The minimum Gasteiger partial charge on any atom is -0.303 e. The number of nitrogens with zero attached hydrogens (tertiary/aromatic N) is 1. The molecule has 0 radical (unpaired) electrons. The lowest BCUT2D eigenvalue weighted by Crippen LogP contribution is -2.07. The van der Waals surface area contributed by atoms with Crippen molar-refractivity contribution in [2.24, 2.45) is 5.92 Å². The fraction of sp³-hybridized carbons (Fsp3) is 0.273. The number of carbonyl (C=O) groups is 1. The molecular formula is C11H9NO. The maximum absolute atomic E-state index is 10.6. The average Bonchev–Trinajstić information content (AvgIpc) is 2.94. The highest BCUT2D eigenvalue weighted by molar-refractivity contribution is 5.67. The van der Waals surface area contributed by atoms with E-state index in [4.69, 9.17) is 5.26 Å². The van der Waals surface area contributed by atoms with Gasteiger partial charge in [0.2, 0.25) is 0 Å². The molecule has 0 unspecified atom stereocenters. The van der Waals surface area contributed by atoms with Crippen LogP contribution in [-0.2, 0) is 10.2 Å². The van der Waals surface area contributed by atoms with Crippen LogP contribution in [0, 0.1) is 17.2 Å². The number of nitriles is 1. The molecule has 0 saturated heterocycles. The van der Waals surface area contributed by atoms with E-state index in [0.717, 1.165) is 11.8 Å². The fourth-order valence-electron chi connectivity index (χ4n) is 1.71. The Labute approximate surface area is 76.8 Å². The van der Waals surface area contributed by atoms with Gasteiger partial charge in [-0.15, -0.1) is 0 Å². The van der Waals surface area contributed by atoms with Crippen molar-refractivity contribution in [3.05, 3.63) is 35.9 Å². The SMILES string of the molecule is N#C[C@@]1(c2ccccc2)C[C@H]1C=O. The quantitative estimate of drug-likeness (QED) is 0.635. The predicted octanol–water partition coefficient (Wildman–Crippen LogP) is 1.67. The van der Waals surface area contributed by atoms with Gasteiger partial charge < -0.3 is 4.79 Å². The van der Waals surface area contributed by atoms with Crippen molar-refractivity contribution in [3.8, 4) is 6.07 Å². The lowest BCUT2D eigenvalue weighted by molar-refractivity contribution is -0.109. The lowest BCUT2D eigenvalue weighted by Gasteiger charge is -2.05. The van der Waals surface area contributed by atoms with Crippen molar-refractivity contribution in [2.45, 2.75) is 11.8 Å². The molecule has 2 heteroatoms. The van der Waals surface area contributed by atoms with Crippen LogP contribution in [0.3, 0.4) is 0 Å². The Balaban J connectivity index is 2.37. The standard InChI is InChI=1S/C11H9NO/c12-8-11(6-10(11)7-13)9-4-2-1-3-5-9/h1-5,7,10H,6H2/t10-,11+/m0/s1. The highest BCUT2D eigenvalue weighted by Gasteiger charge is 2.56. The summed E-state index contributed by atoms with van der Waals surface area (Å²) in [5, 5.41) is 9.00. The van der Waals surface area contributed by atoms with E-state index in [1.165, 1.54) is 0 Å². The van der Waals surface area contributed by atoms with Gasteiger partial charge >= 0.3 is 0 Å². The summed E-state index contributed by atoms with van der Waals surface area (Å²) in [6.45, 7) is 0. The van der Waals surface area contributed by atoms with Crippen LogP contribution >= 0.6 is 0 Å². The van der Waals surface area contributed by atoms with Gasteiger partial charge in [0.25, 0.3) is 0 Å². The first-order valence-electron chi connectivity index (χ1n) is 4.25. The van der Waals surface area contributed by atoms with Crippen molar-refractivity contribution in [1.29, 1.82) is 5.26 Å². The fourth-order valence-corrected chi connectivity index (χ4v) is 1.71. The average molecular weight is 171 g/mol. The summed E-state index contributed by atoms with van der Waals surface area (Å²) in [6.07, 6.45) is 1.56. The van der Waals surface area contributed by atoms with Crippen molar-refractivity contribution < 1.29 is 4.79 Å². The molecule has 2 atom stereocenters. The van der Waals surface area contributed by atoms with E-state index in [9.17, 15) is 4.79 Å². The van der Waals surface area contributed by atoms with E-state index in [1.54, 1.807) is 0 Å². The van der Waals surface area contributed by atoms with E-state index in [-0.39, 0.29) is 5.92 Å². The summed E-state index contributed by atoms with van der Waals surface area (Å²) in [7, 11) is 0. The number of benzene rings is 1. The highest BCUT2D eigenvalue weighted by Crippen LogP contribution is 2.52. The van der Waals surface area contributed by atoms with Gasteiger partial charge in [0.15, 0.2) is 0 Å².